The molecule has 0 radical (unpaired) electrons. The molecule has 144 valence electrons. The van der Waals surface area contributed by atoms with E-state index in [2.05, 4.69) is 15.4 Å². The lowest BCUT2D eigenvalue weighted by molar-refractivity contribution is -0.0280. The Morgan fingerprint density at radius 2 is 2.00 bits per heavy atom. The predicted molar refractivity (Wildman–Crippen MR) is 103 cm³/mol. The van der Waals surface area contributed by atoms with Gasteiger partial charge in [-0.15, -0.1) is 5.10 Å². The Hall–Kier alpha value is -2.64. The van der Waals surface area contributed by atoms with Crippen LogP contribution in [0.3, 0.4) is 0 Å². The number of aromatic nitrogens is 4. The zero-order chi connectivity index (χ0) is 18.9. The fourth-order valence-corrected chi connectivity index (χ4v) is 4.24. The first-order valence-corrected chi connectivity index (χ1v) is 9.78. The zero-order valence-corrected chi connectivity index (χ0v) is 15.5. The van der Waals surface area contributed by atoms with Gasteiger partial charge in [0, 0.05) is 24.7 Å². The summed E-state index contributed by atoms with van der Waals surface area (Å²) in [5.74, 6) is 1.18. The van der Waals surface area contributed by atoms with Gasteiger partial charge in [0.2, 0.25) is 0 Å². The van der Waals surface area contributed by atoms with E-state index in [0.717, 1.165) is 38.2 Å². The van der Waals surface area contributed by atoms with E-state index in [1.54, 1.807) is 23.0 Å². The van der Waals surface area contributed by atoms with E-state index in [9.17, 15) is 4.39 Å². The standard InChI is InChI=1S/C21H22FN5O/c22-15-5-1-2-7-18(15)27-21(25-20(26-27)16-6-3-4-10-23-16)14-8-9-19-17(13-14)24-11-12-28-19/h1-7,10,14,17,19,24H,8-9,11-13H2/t14-,17+,19+/m0/s1. The number of hydrogen-bond acceptors (Lipinski definition) is 5. The van der Waals surface area contributed by atoms with Crippen LogP contribution >= 0.6 is 0 Å². The maximum atomic E-state index is 14.6. The van der Waals surface area contributed by atoms with Gasteiger partial charge < -0.3 is 10.1 Å². The number of halogens is 1. The van der Waals surface area contributed by atoms with Gasteiger partial charge in [-0.1, -0.05) is 18.2 Å². The lowest BCUT2D eigenvalue weighted by Gasteiger charge is -2.39. The number of morpholine rings is 1. The maximum Gasteiger partial charge on any atom is 0.200 e. The molecule has 1 saturated heterocycles. The van der Waals surface area contributed by atoms with E-state index >= 15 is 0 Å². The molecular formula is C21H22FN5O. The van der Waals surface area contributed by atoms with E-state index in [-0.39, 0.29) is 17.8 Å². The molecule has 3 aromatic rings. The molecule has 2 fully saturated rings. The minimum Gasteiger partial charge on any atom is -0.375 e. The monoisotopic (exact) mass is 379 g/mol. The zero-order valence-electron chi connectivity index (χ0n) is 15.5. The summed E-state index contributed by atoms with van der Waals surface area (Å²) >= 11 is 0. The molecular weight excluding hydrogens is 357 g/mol. The topological polar surface area (TPSA) is 64.9 Å². The predicted octanol–water partition coefficient (Wildman–Crippen LogP) is 3.09. The van der Waals surface area contributed by atoms with Crippen LogP contribution in [0.1, 0.15) is 31.0 Å². The van der Waals surface area contributed by atoms with Crippen molar-refractivity contribution in [2.45, 2.75) is 37.3 Å². The van der Waals surface area contributed by atoms with Crippen LogP contribution in [0.2, 0.25) is 0 Å². The smallest absolute Gasteiger partial charge is 0.200 e. The maximum absolute atomic E-state index is 14.6. The highest BCUT2D eigenvalue weighted by Gasteiger charge is 2.36. The van der Waals surface area contributed by atoms with E-state index < -0.39 is 0 Å². The first-order chi connectivity index (χ1) is 13.8. The van der Waals surface area contributed by atoms with Crippen LogP contribution in [0, 0.1) is 5.82 Å². The summed E-state index contributed by atoms with van der Waals surface area (Å²) in [7, 11) is 0. The number of rotatable bonds is 3. The molecule has 1 aliphatic carbocycles. The normalized spacial score (nSPS) is 24.7. The van der Waals surface area contributed by atoms with Gasteiger partial charge in [0.1, 0.15) is 23.0 Å². The first-order valence-electron chi connectivity index (χ1n) is 9.78. The lowest BCUT2D eigenvalue weighted by Crippen LogP contribution is -2.51. The van der Waals surface area contributed by atoms with Crippen molar-refractivity contribution in [1.82, 2.24) is 25.1 Å². The van der Waals surface area contributed by atoms with Crippen LogP contribution in [0.15, 0.2) is 48.7 Å². The van der Waals surface area contributed by atoms with Crippen molar-refractivity contribution in [3.05, 3.63) is 60.3 Å². The van der Waals surface area contributed by atoms with Crippen LogP contribution in [0.5, 0.6) is 0 Å². The summed E-state index contributed by atoms with van der Waals surface area (Å²) < 4.78 is 22.1. The molecule has 3 atom stereocenters. The molecule has 5 rings (SSSR count). The molecule has 0 spiro atoms. The Bertz CT molecular complexity index is 960. The number of benzene rings is 1. The Morgan fingerprint density at radius 1 is 1.11 bits per heavy atom. The summed E-state index contributed by atoms with van der Waals surface area (Å²) in [6.07, 6.45) is 4.78. The van der Waals surface area contributed by atoms with Crippen LogP contribution in [0.4, 0.5) is 4.39 Å². The SMILES string of the molecule is Fc1ccccc1-n1nc(-c2ccccn2)nc1[C@H]1CC[C@H]2OCCN[C@@H]2C1. The summed E-state index contributed by atoms with van der Waals surface area (Å²) in [4.78, 5) is 9.18. The van der Waals surface area contributed by atoms with E-state index in [0.29, 0.717) is 23.2 Å². The first kappa shape index (κ1) is 17.5. The number of nitrogens with zero attached hydrogens (tertiary/aromatic N) is 4. The Morgan fingerprint density at radius 3 is 2.86 bits per heavy atom. The highest BCUT2D eigenvalue weighted by Crippen LogP contribution is 2.36. The van der Waals surface area contributed by atoms with Crippen molar-refractivity contribution in [1.29, 1.82) is 0 Å². The third kappa shape index (κ3) is 3.21. The van der Waals surface area contributed by atoms with Crippen LogP contribution in [-0.2, 0) is 4.74 Å². The molecule has 0 bridgehead atoms. The molecule has 1 N–H and O–H groups in total. The summed E-state index contributed by atoms with van der Waals surface area (Å²) in [5, 5.41) is 8.20. The van der Waals surface area contributed by atoms with Crippen molar-refractivity contribution in [3.63, 3.8) is 0 Å². The third-order valence-electron chi connectivity index (χ3n) is 5.60. The quantitative estimate of drug-likeness (QED) is 0.758. The van der Waals surface area contributed by atoms with Gasteiger partial charge in [-0.05, 0) is 43.5 Å². The molecule has 0 amide bonds. The Balaban J connectivity index is 1.56. The van der Waals surface area contributed by atoms with Gasteiger partial charge in [0.25, 0.3) is 0 Å². The lowest BCUT2D eigenvalue weighted by atomic mass is 9.82. The number of pyridine rings is 1. The number of ether oxygens (including phenoxy) is 1. The number of nitrogens with one attached hydrogen (secondary N) is 1. The highest BCUT2D eigenvalue weighted by molar-refractivity contribution is 5.49. The Labute approximate surface area is 162 Å². The van der Waals surface area contributed by atoms with Crippen molar-refractivity contribution in [3.8, 4) is 17.2 Å². The molecule has 0 unspecified atom stereocenters. The average Bonchev–Trinajstić information content (AvgIpc) is 3.19. The fraction of sp³-hybridized carbons (Fsp3) is 0.381. The second kappa shape index (κ2) is 7.41. The van der Waals surface area contributed by atoms with Gasteiger partial charge >= 0.3 is 0 Å². The summed E-state index contributed by atoms with van der Waals surface area (Å²) in [6.45, 7) is 1.63. The van der Waals surface area contributed by atoms with E-state index in [1.165, 1.54) is 6.07 Å². The van der Waals surface area contributed by atoms with Gasteiger partial charge in [-0.25, -0.2) is 14.1 Å². The molecule has 2 aliphatic rings. The number of hydrogen-bond donors (Lipinski definition) is 1. The second-order valence-electron chi connectivity index (χ2n) is 7.35. The summed E-state index contributed by atoms with van der Waals surface area (Å²) in [5.41, 5.74) is 1.11. The van der Waals surface area contributed by atoms with Crippen molar-refractivity contribution in [2.24, 2.45) is 0 Å². The number of fused-ring (bicyclic) bond motifs is 1. The van der Waals surface area contributed by atoms with Crippen molar-refractivity contribution < 1.29 is 9.13 Å². The molecule has 6 nitrogen and oxygen atoms in total. The molecule has 1 aromatic carbocycles. The summed E-state index contributed by atoms with van der Waals surface area (Å²) in [6, 6.07) is 12.6. The largest absolute Gasteiger partial charge is 0.375 e. The van der Waals surface area contributed by atoms with Gasteiger partial charge in [-0.3, -0.25) is 4.98 Å². The van der Waals surface area contributed by atoms with E-state index in [1.807, 2.05) is 24.3 Å². The van der Waals surface area contributed by atoms with Gasteiger partial charge in [0.15, 0.2) is 5.82 Å². The average molecular weight is 379 g/mol. The minimum atomic E-state index is -0.311. The molecule has 28 heavy (non-hydrogen) atoms. The van der Waals surface area contributed by atoms with Crippen molar-refractivity contribution in [2.75, 3.05) is 13.2 Å². The molecule has 1 aliphatic heterocycles. The van der Waals surface area contributed by atoms with Gasteiger partial charge in [-0.2, -0.15) is 0 Å². The van der Waals surface area contributed by atoms with Crippen molar-refractivity contribution >= 4 is 0 Å². The number of para-hydroxylation sites is 1. The molecule has 2 aromatic heterocycles. The van der Waals surface area contributed by atoms with Crippen LogP contribution < -0.4 is 5.32 Å². The fourth-order valence-electron chi connectivity index (χ4n) is 4.24. The molecule has 3 heterocycles. The van der Waals surface area contributed by atoms with Gasteiger partial charge in [0.05, 0.1) is 12.7 Å². The second-order valence-corrected chi connectivity index (χ2v) is 7.35. The molecule has 1 saturated carbocycles. The minimum absolute atomic E-state index is 0.181. The highest BCUT2D eigenvalue weighted by atomic mass is 19.1. The van der Waals surface area contributed by atoms with Crippen LogP contribution in [-0.4, -0.2) is 45.0 Å². The molecule has 7 heteroatoms. The Kier molecular flexibility index (Phi) is 4.62. The van der Waals surface area contributed by atoms with E-state index in [4.69, 9.17) is 9.72 Å². The van der Waals surface area contributed by atoms with Crippen LogP contribution in [0.25, 0.3) is 17.2 Å². The third-order valence-corrected chi connectivity index (χ3v) is 5.60.